The first-order chi connectivity index (χ1) is 10.0. The molecular weight excluding hydrogens is 275 g/mol. The van der Waals surface area contributed by atoms with Gasteiger partial charge < -0.3 is 9.84 Å². The van der Waals surface area contributed by atoms with E-state index in [-0.39, 0.29) is 5.82 Å². The Morgan fingerprint density at radius 1 is 0.905 bits per heavy atom. The number of carbonyl (C=O) groups is 2. The standard InChI is InChI=1S/C16H11FO4/c17-12-3-7-14(8-4-12)21-13-5-1-11(2-6-13)15(18)9-10-16(19)20/h1-10H,(H,19,20). The number of ketones is 1. The maximum atomic E-state index is 12.8. The van der Waals surface area contributed by atoms with Crippen molar-refractivity contribution in [2.75, 3.05) is 0 Å². The van der Waals surface area contributed by atoms with Crippen LogP contribution in [0.25, 0.3) is 0 Å². The summed E-state index contributed by atoms with van der Waals surface area (Å²) in [6.07, 6.45) is 1.77. The third-order valence-electron chi connectivity index (χ3n) is 2.57. The van der Waals surface area contributed by atoms with Gasteiger partial charge in [0.05, 0.1) is 0 Å². The van der Waals surface area contributed by atoms with E-state index in [0.29, 0.717) is 17.1 Å². The van der Waals surface area contributed by atoms with Crippen LogP contribution in [0.1, 0.15) is 10.4 Å². The first kappa shape index (κ1) is 14.5. The Kier molecular flexibility index (Phi) is 4.46. The molecular formula is C16H11FO4. The van der Waals surface area contributed by atoms with Crippen molar-refractivity contribution in [3.63, 3.8) is 0 Å². The average molecular weight is 286 g/mol. The van der Waals surface area contributed by atoms with Crippen LogP contribution in [0.3, 0.4) is 0 Å². The molecule has 4 nitrogen and oxygen atoms in total. The van der Waals surface area contributed by atoms with Crippen LogP contribution in [0, 0.1) is 5.82 Å². The molecule has 106 valence electrons. The van der Waals surface area contributed by atoms with Crippen LogP contribution in [0.2, 0.25) is 0 Å². The minimum absolute atomic E-state index is 0.346. The molecule has 2 rings (SSSR count). The van der Waals surface area contributed by atoms with Crippen molar-refractivity contribution in [1.29, 1.82) is 0 Å². The number of halogens is 1. The van der Waals surface area contributed by atoms with Gasteiger partial charge in [0.25, 0.3) is 0 Å². The van der Waals surface area contributed by atoms with E-state index in [0.717, 1.165) is 12.2 Å². The molecule has 0 saturated carbocycles. The third kappa shape index (κ3) is 4.28. The Morgan fingerprint density at radius 3 is 1.95 bits per heavy atom. The van der Waals surface area contributed by atoms with Crippen molar-refractivity contribution in [3.05, 3.63) is 72.1 Å². The summed E-state index contributed by atoms with van der Waals surface area (Å²) < 4.78 is 18.2. The fourth-order valence-corrected chi connectivity index (χ4v) is 1.57. The molecule has 2 aromatic carbocycles. The quantitative estimate of drug-likeness (QED) is 0.675. The van der Waals surface area contributed by atoms with Crippen molar-refractivity contribution in [1.82, 2.24) is 0 Å². The van der Waals surface area contributed by atoms with E-state index in [2.05, 4.69) is 0 Å². The lowest BCUT2D eigenvalue weighted by Crippen LogP contribution is -1.96. The Bertz CT molecular complexity index is 672. The molecule has 0 fully saturated rings. The molecule has 0 aliphatic rings. The highest BCUT2D eigenvalue weighted by Crippen LogP contribution is 2.22. The minimum atomic E-state index is -1.18. The molecule has 0 bridgehead atoms. The molecule has 0 aromatic heterocycles. The first-order valence-corrected chi connectivity index (χ1v) is 6.03. The second-order valence-electron chi connectivity index (χ2n) is 4.12. The lowest BCUT2D eigenvalue weighted by Gasteiger charge is -2.05. The number of carbonyl (C=O) groups excluding carboxylic acids is 1. The Balaban J connectivity index is 2.06. The summed E-state index contributed by atoms with van der Waals surface area (Å²) in [5, 5.41) is 8.45. The second-order valence-corrected chi connectivity index (χ2v) is 4.12. The van der Waals surface area contributed by atoms with Crippen molar-refractivity contribution in [2.24, 2.45) is 0 Å². The van der Waals surface area contributed by atoms with E-state index in [4.69, 9.17) is 9.84 Å². The minimum Gasteiger partial charge on any atom is -0.478 e. The Labute approximate surface area is 120 Å². The molecule has 0 radical (unpaired) electrons. The first-order valence-electron chi connectivity index (χ1n) is 6.03. The average Bonchev–Trinajstić information content (AvgIpc) is 2.48. The number of hydrogen-bond donors (Lipinski definition) is 1. The van der Waals surface area contributed by atoms with Gasteiger partial charge in [-0.05, 0) is 54.6 Å². The van der Waals surface area contributed by atoms with Gasteiger partial charge in [-0.2, -0.15) is 0 Å². The fourth-order valence-electron chi connectivity index (χ4n) is 1.57. The van der Waals surface area contributed by atoms with Crippen LogP contribution in [0.5, 0.6) is 11.5 Å². The summed E-state index contributed by atoms with van der Waals surface area (Å²) in [5.41, 5.74) is 0.346. The van der Waals surface area contributed by atoms with Gasteiger partial charge in [0.1, 0.15) is 17.3 Å². The van der Waals surface area contributed by atoms with E-state index >= 15 is 0 Å². The normalized spacial score (nSPS) is 10.5. The largest absolute Gasteiger partial charge is 0.478 e. The summed E-state index contributed by atoms with van der Waals surface area (Å²) in [6.45, 7) is 0. The summed E-state index contributed by atoms with van der Waals surface area (Å²) in [5.74, 6) is -0.986. The Hall–Kier alpha value is -2.95. The molecule has 1 N–H and O–H groups in total. The van der Waals surface area contributed by atoms with E-state index in [1.54, 1.807) is 12.1 Å². The van der Waals surface area contributed by atoms with E-state index in [9.17, 15) is 14.0 Å². The molecule has 2 aromatic rings. The van der Waals surface area contributed by atoms with Gasteiger partial charge >= 0.3 is 5.97 Å². The zero-order valence-corrected chi connectivity index (χ0v) is 10.8. The number of rotatable bonds is 5. The number of aliphatic carboxylic acids is 1. The number of carboxylic acids is 1. The van der Waals surface area contributed by atoms with Gasteiger partial charge in [-0.1, -0.05) is 0 Å². The van der Waals surface area contributed by atoms with Gasteiger partial charge in [-0.3, -0.25) is 4.79 Å². The zero-order chi connectivity index (χ0) is 15.2. The predicted octanol–water partition coefficient (Wildman–Crippen LogP) is 3.44. The van der Waals surface area contributed by atoms with Gasteiger partial charge in [0, 0.05) is 11.6 Å². The van der Waals surface area contributed by atoms with Gasteiger partial charge in [-0.25, -0.2) is 9.18 Å². The molecule has 21 heavy (non-hydrogen) atoms. The monoisotopic (exact) mass is 286 g/mol. The van der Waals surface area contributed by atoms with Gasteiger partial charge in [0.2, 0.25) is 0 Å². The van der Waals surface area contributed by atoms with Crippen molar-refractivity contribution in [3.8, 4) is 11.5 Å². The number of allylic oxidation sites excluding steroid dienone is 1. The molecule has 0 unspecified atom stereocenters. The van der Waals surface area contributed by atoms with Crippen molar-refractivity contribution < 1.29 is 23.8 Å². The third-order valence-corrected chi connectivity index (χ3v) is 2.57. The summed E-state index contributed by atoms with van der Waals surface area (Å²) in [7, 11) is 0. The highest BCUT2D eigenvalue weighted by molar-refractivity contribution is 6.06. The Morgan fingerprint density at radius 2 is 1.43 bits per heavy atom. The van der Waals surface area contributed by atoms with E-state index in [1.807, 2.05) is 0 Å². The van der Waals surface area contributed by atoms with Crippen LogP contribution in [-0.4, -0.2) is 16.9 Å². The second kappa shape index (κ2) is 6.47. The summed E-state index contributed by atoms with van der Waals surface area (Å²) in [4.78, 5) is 22.0. The SMILES string of the molecule is O=C(O)C=CC(=O)c1ccc(Oc2ccc(F)cc2)cc1. The summed E-state index contributed by atoms with van der Waals surface area (Å²) >= 11 is 0. The molecule has 0 aliphatic carbocycles. The van der Waals surface area contributed by atoms with Crippen LogP contribution in [-0.2, 0) is 4.79 Å². The maximum absolute atomic E-state index is 12.8. The van der Waals surface area contributed by atoms with Crippen LogP contribution < -0.4 is 4.74 Å². The fraction of sp³-hybridized carbons (Fsp3) is 0. The van der Waals surface area contributed by atoms with Gasteiger partial charge in [0.15, 0.2) is 5.78 Å². The molecule has 0 aliphatic heterocycles. The lowest BCUT2D eigenvalue weighted by atomic mass is 10.1. The topological polar surface area (TPSA) is 63.6 Å². The lowest BCUT2D eigenvalue weighted by molar-refractivity contribution is -0.131. The highest BCUT2D eigenvalue weighted by Gasteiger charge is 2.04. The van der Waals surface area contributed by atoms with Crippen LogP contribution in [0.15, 0.2) is 60.7 Å². The van der Waals surface area contributed by atoms with Crippen LogP contribution >= 0.6 is 0 Å². The summed E-state index contributed by atoms with van der Waals surface area (Å²) in [6, 6.07) is 11.7. The number of benzene rings is 2. The van der Waals surface area contributed by atoms with E-state index in [1.165, 1.54) is 36.4 Å². The maximum Gasteiger partial charge on any atom is 0.328 e. The van der Waals surface area contributed by atoms with Crippen molar-refractivity contribution >= 4 is 11.8 Å². The molecule has 0 heterocycles. The molecule has 0 amide bonds. The smallest absolute Gasteiger partial charge is 0.328 e. The molecule has 5 heteroatoms. The molecule has 0 spiro atoms. The highest BCUT2D eigenvalue weighted by atomic mass is 19.1. The van der Waals surface area contributed by atoms with Crippen molar-refractivity contribution in [2.45, 2.75) is 0 Å². The number of hydrogen-bond acceptors (Lipinski definition) is 3. The number of ether oxygens (including phenoxy) is 1. The molecule has 0 atom stereocenters. The molecule has 0 saturated heterocycles. The van der Waals surface area contributed by atoms with E-state index < -0.39 is 11.8 Å². The van der Waals surface area contributed by atoms with Crippen LogP contribution in [0.4, 0.5) is 4.39 Å². The predicted molar refractivity (Wildman–Crippen MR) is 74.0 cm³/mol. The number of carboxylic acid groups (broad SMARTS) is 1. The van der Waals surface area contributed by atoms with Gasteiger partial charge in [-0.15, -0.1) is 0 Å². The zero-order valence-electron chi connectivity index (χ0n) is 10.8.